The minimum absolute atomic E-state index is 0.00623. The molecule has 2 heterocycles. The van der Waals surface area contributed by atoms with Crippen LogP contribution < -0.4 is 10.6 Å². The van der Waals surface area contributed by atoms with Crippen molar-refractivity contribution in [3.8, 4) is 0 Å². The lowest BCUT2D eigenvalue weighted by molar-refractivity contribution is -0.140. The number of amides is 1. The number of hydrogen-bond donors (Lipinski definition) is 2. The molecule has 1 aromatic rings. The van der Waals surface area contributed by atoms with Gasteiger partial charge >= 0.3 is 6.18 Å². The van der Waals surface area contributed by atoms with E-state index >= 15 is 0 Å². The summed E-state index contributed by atoms with van der Waals surface area (Å²) in [7, 11) is 0. The average molecular weight is 405 g/mol. The molecule has 1 fully saturated rings. The van der Waals surface area contributed by atoms with Crippen LogP contribution in [0.1, 0.15) is 44.3 Å². The quantitative estimate of drug-likeness (QED) is 0.584. The molecule has 1 saturated heterocycles. The van der Waals surface area contributed by atoms with E-state index in [4.69, 9.17) is 0 Å². The van der Waals surface area contributed by atoms with Crippen LogP contribution in [0, 0.1) is 5.92 Å². The van der Waals surface area contributed by atoms with Crippen molar-refractivity contribution in [3.63, 3.8) is 0 Å². The summed E-state index contributed by atoms with van der Waals surface area (Å²) in [6, 6.07) is 0.168. The minimum Gasteiger partial charge on any atom is -0.357 e. The van der Waals surface area contributed by atoms with Crippen LogP contribution in [-0.2, 0) is 17.5 Å². The first-order chi connectivity index (χ1) is 12.7. The van der Waals surface area contributed by atoms with Gasteiger partial charge in [-0.2, -0.15) is 13.2 Å². The van der Waals surface area contributed by atoms with Gasteiger partial charge < -0.3 is 15.5 Å². The van der Waals surface area contributed by atoms with Gasteiger partial charge in [0, 0.05) is 37.0 Å². The Morgan fingerprint density at radius 1 is 1.41 bits per heavy atom. The summed E-state index contributed by atoms with van der Waals surface area (Å²) in [5, 5.41) is 7.73. The molecule has 1 aliphatic heterocycles. The molecule has 10 heteroatoms. The van der Waals surface area contributed by atoms with E-state index in [1.165, 1.54) is 0 Å². The molecule has 2 N–H and O–H groups in total. The number of aromatic nitrogens is 1. The molecule has 1 amide bonds. The van der Waals surface area contributed by atoms with Crippen LogP contribution in [0.2, 0.25) is 0 Å². The fourth-order valence-electron chi connectivity index (χ4n) is 2.78. The molecular formula is C17H26F3N5OS. The van der Waals surface area contributed by atoms with E-state index in [1.54, 1.807) is 0 Å². The predicted octanol–water partition coefficient (Wildman–Crippen LogP) is 2.86. The Hall–Kier alpha value is -1.84. The standard InChI is InChI=1S/C17H26F3N5OS/c1-4-21-16(22-9-14-24-13(10-27-14)17(18,19)20)23-12-5-7-25(8-6-12)15(26)11(2)3/h10-12H,4-9H2,1-3H3,(H2,21,22,23). The molecule has 152 valence electrons. The molecule has 0 atom stereocenters. The lowest BCUT2D eigenvalue weighted by Crippen LogP contribution is -2.50. The number of likely N-dealkylation sites (tertiary alicyclic amines) is 1. The lowest BCUT2D eigenvalue weighted by Gasteiger charge is -2.34. The highest BCUT2D eigenvalue weighted by Gasteiger charge is 2.33. The summed E-state index contributed by atoms with van der Waals surface area (Å²) in [5.74, 6) is 0.710. The molecule has 0 spiro atoms. The van der Waals surface area contributed by atoms with Crippen LogP contribution in [0.25, 0.3) is 0 Å². The van der Waals surface area contributed by atoms with Crippen molar-refractivity contribution in [2.45, 2.75) is 52.4 Å². The topological polar surface area (TPSA) is 69.6 Å². The van der Waals surface area contributed by atoms with Crippen LogP contribution in [0.15, 0.2) is 10.4 Å². The maximum Gasteiger partial charge on any atom is 0.434 e. The Kier molecular flexibility index (Phi) is 7.46. The van der Waals surface area contributed by atoms with E-state index in [-0.39, 0.29) is 24.4 Å². The number of hydrogen-bond acceptors (Lipinski definition) is 4. The Balaban J connectivity index is 1.91. The molecule has 6 nitrogen and oxygen atoms in total. The molecule has 0 aromatic carbocycles. The van der Waals surface area contributed by atoms with Crippen molar-refractivity contribution in [1.29, 1.82) is 0 Å². The highest BCUT2D eigenvalue weighted by atomic mass is 32.1. The fraction of sp³-hybridized carbons (Fsp3) is 0.706. The van der Waals surface area contributed by atoms with E-state index in [2.05, 4.69) is 20.6 Å². The molecule has 1 aromatic heterocycles. The molecule has 0 aliphatic carbocycles. The molecule has 2 rings (SSSR count). The third kappa shape index (κ3) is 6.37. The molecule has 0 unspecified atom stereocenters. The number of piperidine rings is 1. The Morgan fingerprint density at radius 3 is 2.59 bits per heavy atom. The van der Waals surface area contributed by atoms with Gasteiger partial charge in [-0.1, -0.05) is 13.8 Å². The van der Waals surface area contributed by atoms with Gasteiger partial charge in [0.2, 0.25) is 5.91 Å². The van der Waals surface area contributed by atoms with Gasteiger partial charge in [-0.15, -0.1) is 11.3 Å². The van der Waals surface area contributed by atoms with Crippen LogP contribution in [0.4, 0.5) is 13.2 Å². The Bertz CT molecular complexity index is 651. The number of nitrogens with one attached hydrogen (secondary N) is 2. The summed E-state index contributed by atoms with van der Waals surface area (Å²) in [4.78, 5) is 21.9. The fourth-order valence-corrected chi connectivity index (χ4v) is 3.51. The molecule has 0 saturated carbocycles. The zero-order valence-corrected chi connectivity index (χ0v) is 16.6. The van der Waals surface area contributed by atoms with Gasteiger partial charge in [-0.25, -0.2) is 9.98 Å². The van der Waals surface area contributed by atoms with Crippen molar-refractivity contribution in [3.05, 3.63) is 16.1 Å². The lowest BCUT2D eigenvalue weighted by atomic mass is 10.0. The van der Waals surface area contributed by atoms with Crippen LogP contribution >= 0.6 is 11.3 Å². The summed E-state index contributed by atoms with van der Waals surface area (Å²) in [6.07, 6.45) is -2.82. The molecule has 1 aliphatic rings. The van der Waals surface area contributed by atoms with Crippen molar-refractivity contribution in [2.24, 2.45) is 10.9 Å². The van der Waals surface area contributed by atoms with Gasteiger partial charge in [-0.05, 0) is 19.8 Å². The Labute approximate surface area is 161 Å². The predicted molar refractivity (Wildman–Crippen MR) is 99.5 cm³/mol. The van der Waals surface area contributed by atoms with Gasteiger partial charge in [0.05, 0.1) is 6.54 Å². The monoisotopic (exact) mass is 405 g/mol. The van der Waals surface area contributed by atoms with Gasteiger partial charge in [0.15, 0.2) is 11.7 Å². The number of aliphatic imine (C=N–C) groups is 1. The normalized spacial score (nSPS) is 16.7. The van der Waals surface area contributed by atoms with E-state index in [1.807, 2.05) is 25.7 Å². The average Bonchev–Trinajstić information content (AvgIpc) is 3.09. The minimum atomic E-state index is -4.43. The number of nitrogens with zero attached hydrogens (tertiary/aromatic N) is 3. The molecule has 27 heavy (non-hydrogen) atoms. The first-order valence-electron chi connectivity index (χ1n) is 9.06. The SMILES string of the molecule is CCNC(=NCc1nc(C(F)(F)F)cs1)NC1CCN(C(=O)C(C)C)CC1. The second-order valence-corrected chi connectivity index (χ2v) is 7.66. The largest absolute Gasteiger partial charge is 0.434 e. The number of alkyl halides is 3. The number of carbonyl (C=O) groups is 1. The maximum absolute atomic E-state index is 12.6. The Morgan fingerprint density at radius 2 is 2.07 bits per heavy atom. The van der Waals surface area contributed by atoms with Crippen LogP contribution in [0.5, 0.6) is 0 Å². The second-order valence-electron chi connectivity index (χ2n) is 6.72. The molecule has 0 bridgehead atoms. The number of guanidine groups is 1. The van der Waals surface area contributed by atoms with Crippen molar-refractivity contribution in [2.75, 3.05) is 19.6 Å². The number of halogens is 3. The number of carbonyl (C=O) groups excluding carboxylic acids is 1. The third-order valence-corrected chi connectivity index (χ3v) is 5.03. The van der Waals surface area contributed by atoms with E-state index in [9.17, 15) is 18.0 Å². The summed E-state index contributed by atoms with van der Waals surface area (Å²) in [5.41, 5.74) is -0.877. The van der Waals surface area contributed by atoms with Crippen LogP contribution in [-0.4, -0.2) is 47.4 Å². The zero-order valence-electron chi connectivity index (χ0n) is 15.8. The van der Waals surface area contributed by atoms with Crippen molar-refractivity contribution >= 4 is 23.2 Å². The summed E-state index contributed by atoms with van der Waals surface area (Å²) in [6.45, 7) is 7.82. The van der Waals surface area contributed by atoms with Crippen molar-refractivity contribution in [1.82, 2.24) is 20.5 Å². The van der Waals surface area contributed by atoms with E-state index in [0.29, 0.717) is 30.6 Å². The first kappa shape index (κ1) is 21.5. The highest BCUT2D eigenvalue weighted by Crippen LogP contribution is 2.30. The zero-order chi connectivity index (χ0) is 20.0. The van der Waals surface area contributed by atoms with Crippen LogP contribution in [0.3, 0.4) is 0 Å². The second kappa shape index (κ2) is 9.38. The highest BCUT2D eigenvalue weighted by molar-refractivity contribution is 7.09. The molecular weight excluding hydrogens is 379 g/mol. The number of thiazole rings is 1. The smallest absolute Gasteiger partial charge is 0.357 e. The van der Waals surface area contributed by atoms with Gasteiger partial charge in [0.25, 0.3) is 0 Å². The molecule has 0 radical (unpaired) electrons. The van der Waals surface area contributed by atoms with Gasteiger partial charge in [0.1, 0.15) is 5.01 Å². The van der Waals surface area contributed by atoms with Gasteiger partial charge in [-0.3, -0.25) is 4.79 Å². The van der Waals surface area contributed by atoms with E-state index in [0.717, 1.165) is 29.6 Å². The summed E-state index contributed by atoms with van der Waals surface area (Å²) < 4.78 is 37.9. The number of rotatable bonds is 5. The first-order valence-corrected chi connectivity index (χ1v) is 9.94. The summed E-state index contributed by atoms with van der Waals surface area (Å²) >= 11 is 0.951. The third-order valence-electron chi connectivity index (χ3n) is 4.20. The van der Waals surface area contributed by atoms with E-state index < -0.39 is 11.9 Å². The maximum atomic E-state index is 12.6. The van der Waals surface area contributed by atoms with Crippen molar-refractivity contribution < 1.29 is 18.0 Å².